The lowest BCUT2D eigenvalue weighted by atomic mass is 9.79. The molecule has 1 spiro atoms. The second kappa shape index (κ2) is 4.05. The van der Waals surface area contributed by atoms with Gasteiger partial charge in [-0.1, -0.05) is 17.7 Å². The molecule has 96 valence electrons. The number of aliphatic hydroxyl groups excluding tert-OH is 1. The number of aldehydes is 1. The Morgan fingerprint density at radius 2 is 2.39 bits per heavy atom. The normalized spacial score (nSPS) is 34.4. The minimum Gasteiger partial charge on any atom is -0.396 e. The van der Waals surface area contributed by atoms with Crippen molar-refractivity contribution in [2.24, 2.45) is 5.92 Å². The van der Waals surface area contributed by atoms with Crippen LogP contribution in [-0.2, 0) is 16.8 Å². The van der Waals surface area contributed by atoms with E-state index < -0.39 is 0 Å². The Hall–Kier alpha value is -0.900. The van der Waals surface area contributed by atoms with Gasteiger partial charge in [-0.2, -0.15) is 0 Å². The van der Waals surface area contributed by atoms with Crippen molar-refractivity contribution in [1.29, 1.82) is 0 Å². The van der Waals surface area contributed by atoms with Gasteiger partial charge in [-0.15, -0.1) is 0 Å². The SMILES string of the molecule is CN1Cc2ccc(Cl)cc2C2(CC2CO)C1C=O. The molecule has 1 fully saturated rings. The van der Waals surface area contributed by atoms with Crippen molar-refractivity contribution < 1.29 is 9.90 Å². The molecule has 1 aromatic rings. The van der Waals surface area contributed by atoms with Crippen LogP contribution in [0.1, 0.15) is 17.5 Å². The van der Waals surface area contributed by atoms with Gasteiger partial charge in [0.15, 0.2) is 0 Å². The smallest absolute Gasteiger partial charge is 0.138 e. The molecule has 1 aromatic carbocycles. The molecular formula is C14H16ClNO2. The molecule has 3 nitrogen and oxygen atoms in total. The van der Waals surface area contributed by atoms with E-state index in [0.717, 1.165) is 24.8 Å². The van der Waals surface area contributed by atoms with E-state index in [1.54, 1.807) is 0 Å². The molecule has 3 rings (SSSR count). The van der Waals surface area contributed by atoms with Crippen LogP contribution >= 0.6 is 11.6 Å². The molecule has 0 bridgehead atoms. The summed E-state index contributed by atoms with van der Waals surface area (Å²) in [7, 11) is 1.96. The van der Waals surface area contributed by atoms with E-state index in [1.807, 2.05) is 25.2 Å². The summed E-state index contributed by atoms with van der Waals surface area (Å²) in [4.78, 5) is 13.5. The molecule has 0 radical (unpaired) electrons. The van der Waals surface area contributed by atoms with Gasteiger partial charge >= 0.3 is 0 Å². The second-order valence-corrected chi connectivity index (χ2v) is 5.86. The third-order valence-electron chi connectivity index (χ3n) is 4.50. The Labute approximate surface area is 111 Å². The monoisotopic (exact) mass is 265 g/mol. The number of hydrogen-bond acceptors (Lipinski definition) is 3. The standard InChI is InChI=1S/C14H16ClNO2/c1-16-6-9-2-3-11(15)4-12(9)14(13(16)8-18)5-10(14)7-17/h2-4,8,10,13,17H,5-7H2,1H3. The van der Waals surface area contributed by atoms with E-state index >= 15 is 0 Å². The molecular weight excluding hydrogens is 250 g/mol. The van der Waals surface area contributed by atoms with Crippen LogP contribution in [0.25, 0.3) is 0 Å². The van der Waals surface area contributed by atoms with Gasteiger partial charge in [-0.05, 0) is 42.6 Å². The highest BCUT2D eigenvalue weighted by molar-refractivity contribution is 6.30. The maximum atomic E-state index is 11.4. The molecule has 1 aliphatic carbocycles. The number of rotatable bonds is 2. The van der Waals surface area contributed by atoms with Crippen molar-refractivity contribution in [3.63, 3.8) is 0 Å². The van der Waals surface area contributed by atoms with Gasteiger partial charge in [-0.25, -0.2) is 0 Å². The third-order valence-corrected chi connectivity index (χ3v) is 4.73. The molecule has 3 unspecified atom stereocenters. The van der Waals surface area contributed by atoms with E-state index in [1.165, 1.54) is 5.56 Å². The third kappa shape index (κ3) is 1.48. The summed E-state index contributed by atoms with van der Waals surface area (Å²) in [5, 5.41) is 10.2. The highest BCUT2D eigenvalue weighted by Crippen LogP contribution is 2.60. The summed E-state index contributed by atoms with van der Waals surface area (Å²) in [6.45, 7) is 0.889. The minimum absolute atomic E-state index is 0.129. The molecule has 1 N–H and O–H groups in total. The van der Waals surface area contributed by atoms with E-state index in [9.17, 15) is 9.90 Å². The van der Waals surface area contributed by atoms with Crippen molar-refractivity contribution in [2.45, 2.75) is 24.4 Å². The van der Waals surface area contributed by atoms with Crippen molar-refractivity contribution in [3.05, 3.63) is 34.3 Å². The average Bonchev–Trinajstić information content (AvgIpc) is 3.06. The number of benzene rings is 1. The van der Waals surface area contributed by atoms with Gasteiger partial charge in [0.05, 0.1) is 6.04 Å². The Kier molecular flexibility index (Phi) is 2.73. The van der Waals surface area contributed by atoms with Crippen LogP contribution in [0, 0.1) is 5.92 Å². The number of hydrogen-bond donors (Lipinski definition) is 1. The molecule has 4 heteroatoms. The lowest BCUT2D eigenvalue weighted by molar-refractivity contribution is -0.113. The lowest BCUT2D eigenvalue weighted by Gasteiger charge is -2.39. The molecule has 3 atom stereocenters. The van der Waals surface area contributed by atoms with E-state index in [4.69, 9.17) is 11.6 Å². The maximum Gasteiger partial charge on any atom is 0.138 e. The molecule has 0 aromatic heterocycles. The van der Waals surface area contributed by atoms with Gasteiger partial charge < -0.3 is 9.90 Å². The molecule has 0 saturated heterocycles. The highest BCUT2D eigenvalue weighted by Gasteiger charge is 2.62. The number of nitrogens with zero attached hydrogens (tertiary/aromatic N) is 1. The zero-order valence-electron chi connectivity index (χ0n) is 10.3. The van der Waals surface area contributed by atoms with Crippen molar-refractivity contribution >= 4 is 17.9 Å². The molecule has 1 aliphatic heterocycles. The fourth-order valence-electron chi connectivity index (χ4n) is 3.53. The van der Waals surface area contributed by atoms with Crippen LogP contribution in [0.5, 0.6) is 0 Å². The first-order valence-electron chi connectivity index (χ1n) is 6.18. The van der Waals surface area contributed by atoms with Crippen LogP contribution < -0.4 is 0 Å². The molecule has 0 amide bonds. The Balaban J connectivity index is 2.15. The zero-order valence-corrected chi connectivity index (χ0v) is 11.0. The van der Waals surface area contributed by atoms with Crippen LogP contribution in [-0.4, -0.2) is 36.0 Å². The predicted octanol–water partition coefficient (Wildman–Crippen LogP) is 1.60. The van der Waals surface area contributed by atoms with Crippen molar-refractivity contribution in [1.82, 2.24) is 4.90 Å². The van der Waals surface area contributed by atoms with Crippen LogP contribution in [0.2, 0.25) is 5.02 Å². The van der Waals surface area contributed by atoms with Gasteiger partial charge in [0.25, 0.3) is 0 Å². The largest absolute Gasteiger partial charge is 0.396 e. The summed E-state index contributed by atoms with van der Waals surface area (Å²) in [6.07, 6.45) is 1.88. The van der Waals surface area contributed by atoms with Gasteiger partial charge in [-0.3, -0.25) is 4.90 Å². The van der Waals surface area contributed by atoms with Gasteiger partial charge in [0, 0.05) is 23.6 Å². The molecule has 1 heterocycles. The summed E-state index contributed by atoms with van der Waals surface area (Å²) in [5.41, 5.74) is 2.16. The van der Waals surface area contributed by atoms with E-state index in [0.29, 0.717) is 5.02 Å². The summed E-state index contributed by atoms with van der Waals surface area (Å²) in [6, 6.07) is 5.74. The lowest BCUT2D eigenvalue weighted by Crippen LogP contribution is -2.48. The second-order valence-electron chi connectivity index (χ2n) is 5.42. The topological polar surface area (TPSA) is 40.5 Å². The molecule has 2 aliphatic rings. The Morgan fingerprint density at radius 3 is 3.00 bits per heavy atom. The maximum absolute atomic E-state index is 11.4. The van der Waals surface area contributed by atoms with Gasteiger partial charge in [0.1, 0.15) is 6.29 Å². The fourth-order valence-corrected chi connectivity index (χ4v) is 3.71. The van der Waals surface area contributed by atoms with E-state index in [-0.39, 0.29) is 24.0 Å². The zero-order chi connectivity index (χ0) is 12.9. The summed E-state index contributed by atoms with van der Waals surface area (Å²) >= 11 is 6.09. The fraction of sp³-hybridized carbons (Fsp3) is 0.500. The van der Waals surface area contributed by atoms with Crippen molar-refractivity contribution in [2.75, 3.05) is 13.7 Å². The minimum atomic E-state index is -0.219. The number of fused-ring (bicyclic) bond motifs is 2. The predicted molar refractivity (Wildman–Crippen MR) is 69.6 cm³/mol. The number of carbonyl (C=O) groups excluding carboxylic acids is 1. The summed E-state index contributed by atoms with van der Waals surface area (Å²) in [5.74, 6) is 0.174. The van der Waals surface area contributed by atoms with Crippen molar-refractivity contribution in [3.8, 4) is 0 Å². The average molecular weight is 266 g/mol. The number of carbonyl (C=O) groups is 1. The first-order chi connectivity index (χ1) is 8.63. The number of halogens is 1. The summed E-state index contributed by atoms with van der Waals surface area (Å²) < 4.78 is 0. The number of aliphatic hydroxyl groups is 1. The number of likely N-dealkylation sites (N-methyl/N-ethyl adjacent to an activating group) is 1. The highest BCUT2D eigenvalue weighted by atomic mass is 35.5. The van der Waals surface area contributed by atoms with Crippen LogP contribution in [0.3, 0.4) is 0 Å². The first kappa shape index (κ1) is 12.2. The Bertz CT molecular complexity index is 505. The molecule has 1 saturated carbocycles. The quantitative estimate of drug-likeness (QED) is 0.826. The van der Waals surface area contributed by atoms with Crippen LogP contribution in [0.15, 0.2) is 18.2 Å². The van der Waals surface area contributed by atoms with E-state index in [2.05, 4.69) is 4.90 Å². The Morgan fingerprint density at radius 1 is 1.61 bits per heavy atom. The first-order valence-corrected chi connectivity index (χ1v) is 6.56. The van der Waals surface area contributed by atoms with Gasteiger partial charge in [0.2, 0.25) is 0 Å². The molecule has 18 heavy (non-hydrogen) atoms. The van der Waals surface area contributed by atoms with Crippen LogP contribution in [0.4, 0.5) is 0 Å².